The minimum atomic E-state index is -1.15. The molecule has 0 unspecified atom stereocenters. The zero-order chi connectivity index (χ0) is 26.2. The van der Waals surface area contributed by atoms with Crippen molar-refractivity contribution in [3.05, 3.63) is 66.1 Å². The number of pyridine rings is 1. The number of halogens is 2. The summed E-state index contributed by atoms with van der Waals surface area (Å²) in [5.74, 6) is 0.750. The average molecular weight is 529 g/mol. The summed E-state index contributed by atoms with van der Waals surface area (Å²) < 4.78 is 33.8. The molecule has 0 aliphatic carbocycles. The Balaban J connectivity index is 1.30. The van der Waals surface area contributed by atoms with Gasteiger partial charge in [-0.3, -0.25) is 9.78 Å². The number of aliphatic carboxylic acids is 1. The minimum Gasteiger partial charge on any atom is -0.497 e. The van der Waals surface area contributed by atoms with E-state index in [0.29, 0.717) is 24.2 Å². The van der Waals surface area contributed by atoms with E-state index in [4.69, 9.17) is 4.74 Å². The van der Waals surface area contributed by atoms with Gasteiger partial charge in [0.05, 0.1) is 12.6 Å². The van der Waals surface area contributed by atoms with Crippen LogP contribution in [0.5, 0.6) is 5.75 Å². The summed E-state index contributed by atoms with van der Waals surface area (Å²) in [5, 5.41) is 10.3. The number of carboxylic acids is 1. The van der Waals surface area contributed by atoms with Crippen molar-refractivity contribution >= 4 is 28.6 Å². The molecule has 2 heterocycles. The molecule has 5 nitrogen and oxygen atoms in total. The van der Waals surface area contributed by atoms with Crippen LogP contribution in [0.25, 0.3) is 10.9 Å². The van der Waals surface area contributed by atoms with Crippen LogP contribution in [0.1, 0.15) is 43.8 Å². The first kappa shape index (κ1) is 27.3. The lowest BCUT2D eigenvalue weighted by molar-refractivity contribution is -0.139. The highest BCUT2D eigenvalue weighted by Crippen LogP contribution is 2.36. The molecule has 3 aromatic rings. The monoisotopic (exact) mass is 528 g/mol. The van der Waals surface area contributed by atoms with Crippen LogP contribution in [0.2, 0.25) is 0 Å². The lowest BCUT2D eigenvalue weighted by Crippen LogP contribution is -2.42. The number of alkyl halides is 1. The van der Waals surface area contributed by atoms with Crippen molar-refractivity contribution in [1.82, 2.24) is 9.88 Å². The second-order valence-electron chi connectivity index (χ2n) is 9.69. The Bertz CT molecular complexity index is 1180. The van der Waals surface area contributed by atoms with E-state index in [9.17, 15) is 14.3 Å². The Kier molecular flexibility index (Phi) is 9.75. The molecular formula is C29H34F2N2O3S. The summed E-state index contributed by atoms with van der Waals surface area (Å²) in [6.07, 6.45) is 3.45. The molecule has 2 aromatic carbocycles. The molecular weight excluding hydrogens is 494 g/mol. The molecule has 1 fully saturated rings. The van der Waals surface area contributed by atoms with Crippen LogP contribution in [-0.4, -0.2) is 53.5 Å². The third kappa shape index (κ3) is 7.65. The molecule has 1 aliphatic rings. The molecule has 0 amide bonds. The Morgan fingerprint density at radius 3 is 2.78 bits per heavy atom. The summed E-state index contributed by atoms with van der Waals surface area (Å²) in [6, 6.07) is 13.7. The molecule has 0 saturated carbocycles. The largest absolute Gasteiger partial charge is 0.497 e. The fourth-order valence-corrected chi connectivity index (χ4v) is 6.10. The van der Waals surface area contributed by atoms with Gasteiger partial charge < -0.3 is 14.7 Å². The fourth-order valence-electron chi connectivity index (χ4n) is 5.27. The van der Waals surface area contributed by atoms with Gasteiger partial charge in [-0.25, -0.2) is 8.78 Å². The van der Waals surface area contributed by atoms with Gasteiger partial charge in [-0.05, 0) is 110 Å². The zero-order valence-electron chi connectivity index (χ0n) is 21.1. The standard InChI is InChI=1S/C29H34F2N2O3S/c1-36-23-6-10-28-26(18-23)25(11-13-32-28)27(31)9-3-20-12-15-33(19-21(20)17-29(34)35)14-2-16-37-24-7-4-22(30)5-8-24/h4-8,10-11,13,18,20-21,27H,2-3,9,12,14-17,19H2,1H3,(H,34,35)/t20-,21+,27+/m1/s1. The fraction of sp³-hybridized carbons (Fsp3) is 0.448. The summed E-state index contributed by atoms with van der Waals surface area (Å²) in [4.78, 5) is 19.3. The van der Waals surface area contributed by atoms with Crippen LogP contribution in [0, 0.1) is 17.7 Å². The molecule has 37 heavy (non-hydrogen) atoms. The first-order valence-electron chi connectivity index (χ1n) is 12.8. The third-order valence-electron chi connectivity index (χ3n) is 7.22. The first-order valence-corrected chi connectivity index (χ1v) is 13.8. The Morgan fingerprint density at radius 1 is 1.22 bits per heavy atom. The van der Waals surface area contributed by atoms with E-state index in [2.05, 4.69) is 9.88 Å². The van der Waals surface area contributed by atoms with E-state index < -0.39 is 12.1 Å². The van der Waals surface area contributed by atoms with Crippen molar-refractivity contribution in [2.45, 2.75) is 43.2 Å². The highest BCUT2D eigenvalue weighted by Gasteiger charge is 2.31. The number of carboxylic acid groups (broad SMARTS) is 1. The maximum Gasteiger partial charge on any atom is 0.303 e. The van der Waals surface area contributed by atoms with Gasteiger partial charge in [-0.1, -0.05) is 0 Å². The predicted octanol–water partition coefficient (Wildman–Crippen LogP) is 6.77. The zero-order valence-corrected chi connectivity index (χ0v) is 21.9. The van der Waals surface area contributed by atoms with E-state index in [1.807, 2.05) is 18.2 Å². The second-order valence-corrected chi connectivity index (χ2v) is 10.9. The van der Waals surface area contributed by atoms with Gasteiger partial charge in [0.2, 0.25) is 0 Å². The number of hydrogen-bond acceptors (Lipinski definition) is 5. The third-order valence-corrected chi connectivity index (χ3v) is 8.32. The molecule has 0 bridgehead atoms. The number of aromatic nitrogens is 1. The van der Waals surface area contributed by atoms with Crippen molar-refractivity contribution in [3.63, 3.8) is 0 Å². The van der Waals surface area contributed by atoms with Gasteiger partial charge in [0.25, 0.3) is 0 Å². The van der Waals surface area contributed by atoms with Crippen molar-refractivity contribution in [3.8, 4) is 5.75 Å². The number of carbonyl (C=O) groups is 1. The Morgan fingerprint density at radius 2 is 2.03 bits per heavy atom. The number of benzene rings is 2. The molecule has 8 heteroatoms. The van der Waals surface area contributed by atoms with Gasteiger partial charge >= 0.3 is 5.97 Å². The van der Waals surface area contributed by atoms with Crippen molar-refractivity contribution in [2.75, 3.05) is 32.5 Å². The number of piperidine rings is 1. The highest BCUT2D eigenvalue weighted by atomic mass is 32.2. The number of fused-ring (bicyclic) bond motifs is 1. The maximum atomic E-state index is 15.5. The average Bonchev–Trinajstić information content (AvgIpc) is 2.90. The van der Waals surface area contributed by atoms with Gasteiger partial charge in [0, 0.05) is 29.4 Å². The minimum absolute atomic E-state index is 0.0116. The molecule has 1 aromatic heterocycles. The molecule has 198 valence electrons. The van der Waals surface area contributed by atoms with Gasteiger partial charge in [0.15, 0.2) is 0 Å². The number of rotatable bonds is 12. The molecule has 1 N–H and O–H groups in total. The van der Waals surface area contributed by atoms with Crippen LogP contribution < -0.4 is 4.74 Å². The normalized spacial score (nSPS) is 19.1. The van der Waals surface area contributed by atoms with Crippen molar-refractivity contribution < 1.29 is 23.4 Å². The summed E-state index contributed by atoms with van der Waals surface area (Å²) in [5.41, 5.74) is 1.34. The Labute approximate surface area is 221 Å². The quantitative estimate of drug-likeness (QED) is 0.207. The van der Waals surface area contributed by atoms with E-state index in [1.165, 1.54) is 12.1 Å². The molecule has 0 radical (unpaired) electrons. The van der Waals surface area contributed by atoms with Crippen molar-refractivity contribution in [1.29, 1.82) is 0 Å². The number of likely N-dealkylation sites (tertiary alicyclic amines) is 1. The molecule has 4 rings (SSSR count). The molecule has 0 spiro atoms. The van der Waals surface area contributed by atoms with Crippen LogP contribution in [-0.2, 0) is 4.79 Å². The number of nitrogens with zero attached hydrogens (tertiary/aromatic N) is 2. The topological polar surface area (TPSA) is 62.7 Å². The lowest BCUT2D eigenvalue weighted by atomic mass is 9.79. The van der Waals surface area contributed by atoms with Crippen LogP contribution in [0.4, 0.5) is 8.78 Å². The summed E-state index contributed by atoms with van der Waals surface area (Å²) >= 11 is 1.70. The summed E-state index contributed by atoms with van der Waals surface area (Å²) in [7, 11) is 1.59. The number of methoxy groups -OCH3 is 1. The highest BCUT2D eigenvalue weighted by molar-refractivity contribution is 7.99. The predicted molar refractivity (Wildman–Crippen MR) is 143 cm³/mol. The van der Waals surface area contributed by atoms with Gasteiger partial charge in [-0.2, -0.15) is 0 Å². The molecule has 1 saturated heterocycles. The molecule has 1 aliphatic heterocycles. The van der Waals surface area contributed by atoms with Crippen LogP contribution in [0.15, 0.2) is 59.6 Å². The Hall–Kier alpha value is -2.71. The molecule has 3 atom stereocenters. The van der Waals surface area contributed by atoms with E-state index >= 15 is 4.39 Å². The summed E-state index contributed by atoms with van der Waals surface area (Å²) in [6.45, 7) is 2.52. The van der Waals surface area contributed by atoms with E-state index in [0.717, 1.165) is 54.0 Å². The van der Waals surface area contributed by atoms with E-state index in [-0.39, 0.29) is 24.1 Å². The van der Waals surface area contributed by atoms with Crippen LogP contribution in [0.3, 0.4) is 0 Å². The number of thioether (sulfide) groups is 1. The second kappa shape index (κ2) is 13.2. The van der Waals surface area contributed by atoms with Crippen molar-refractivity contribution in [2.24, 2.45) is 11.8 Å². The van der Waals surface area contributed by atoms with Gasteiger partial charge in [-0.15, -0.1) is 11.8 Å². The number of hydrogen-bond donors (Lipinski definition) is 1. The van der Waals surface area contributed by atoms with E-state index in [1.54, 1.807) is 43.3 Å². The maximum absolute atomic E-state index is 15.5. The lowest BCUT2D eigenvalue weighted by Gasteiger charge is -2.38. The van der Waals surface area contributed by atoms with Gasteiger partial charge in [0.1, 0.15) is 17.7 Å². The van der Waals surface area contributed by atoms with Crippen LogP contribution >= 0.6 is 11.8 Å². The first-order chi connectivity index (χ1) is 17.9. The smallest absolute Gasteiger partial charge is 0.303 e. The number of ether oxygens (including phenoxy) is 1. The SMILES string of the molecule is COc1ccc2nccc([C@@H](F)CC[C@@H]3CCN(CCCSc4ccc(F)cc4)C[C@@H]3CC(=O)O)c2c1.